The van der Waals surface area contributed by atoms with Gasteiger partial charge in [-0.05, 0) is 51.9 Å². The first-order valence-electron chi connectivity index (χ1n) is 11.7. The average molecular weight is 491 g/mol. The molecule has 1 aromatic carbocycles. The van der Waals surface area contributed by atoms with E-state index < -0.39 is 51.4 Å². The van der Waals surface area contributed by atoms with E-state index in [2.05, 4.69) is 5.32 Å². The van der Waals surface area contributed by atoms with Crippen LogP contribution in [0.5, 0.6) is 0 Å². The van der Waals surface area contributed by atoms with Gasteiger partial charge >= 0.3 is 12.1 Å². The van der Waals surface area contributed by atoms with E-state index in [-0.39, 0.29) is 41.7 Å². The van der Waals surface area contributed by atoms with Crippen LogP contribution in [0.3, 0.4) is 0 Å². The number of ether oxygens (including phenoxy) is 1. The molecule has 0 unspecified atom stereocenters. The molecule has 188 valence electrons. The summed E-state index contributed by atoms with van der Waals surface area (Å²) in [5.41, 5.74) is 2.60. The second-order valence-electron chi connectivity index (χ2n) is 10.7. The number of aromatic nitrogens is 1. The quantitative estimate of drug-likeness (QED) is 0.562. The molecule has 2 saturated carbocycles. The number of nitrogens with zero attached hydrogens (tertiary/aromatic N) is 2. The number of fused-ring (bicyclic) bond motifs is 2. The molecule has 3 atom stereocenters. The molecule has 2 aliphatic carbocycles. The monoisotopic (exact) mass is 490 g/mol. The molecular weight excluding hydrogens is 462 g/mol. The number of aromatic carboxylic acids is 1. The summed E-state index contributed by atoms with van der Waals surface area (Å²) in [5.74, 6) is -3.22. The first-order chi connectivity index (χ1) is 16.4. The lowest BCUT2D eigenvalue weighted by Crippen LogP contribution is -2.51. The Labute approximate surface area is 199 Å². The number of carbonyl (C=O) groups excluding carboxylic acids is 1. The predicted octanol–water partition coefficient (Wildman–Crippen LogP) is 3.24. The maximum Gasteiger partial charge on any atom is 0.407 e. The number of hydrogen-bond acceptors (Lipinski definition) is 6. The highest BCUT2D eigenvalue weighted by atomic mass is 19.1. The van der Waals surface area contributed by atoms with Crippen LogP contribution in [-0.4, -0.2) is 46.5 Å². The van der Waals surface area contributed by atoms with E-state index in [1.165, 1.54) is 9.47 Å². The van der Waals surface area contributed by atoms with E-state index >= 15 is 8.78 Å². The summed E-state index contributed by atoms with van der Waals surface area (Å²) >= 11 is 0. The lowest BCUT2D eigenvalue weighted by Gasteiger charge is -2.35. The molecule has 0 radical (unpaired) electrons. The highest BCUT2D eigenvalue weighted by molar-refractivity contribution is 5.99. The second-order valence-corrected chi connectivity index (χ2v) is 10.7. The van der Waals surface area contributed by atoms with Crippen LogP contribution in [0.4, 0.5) is 25.0 Å². The maximum absolute atomic E-state index is 16.1. The minimum absolute atomic E-state index is 0.138. The molecule has 2 aromatic rings. The molecule has 11 heteroatoms. The van der Waals surface area contributed by atoms with E-state index in [9.17, 15) is 19.5 Å². The third-order valence-electron chi connectivity index (χ3n) is 6.92. The molecule has 3 fully saturated rings. The average Bonchev–Trinajstić information content (AvgIpc) is 3.64. The zero-order valence-electron chi connectivity index (χ0n) is 19.7. The fourth-order valence-electron chi connectivity index (χ4n) is 5.12. The first kappa shape index (κ1) is 23.4. The number of anilines is 2. The zero-order valence-corrected chi connectivity index (χ0v) is 19.7. The number of pyridine rings is 1. The molecule has 1 aromatic heterocycles. The Morgan fingerprint density at radius 3 is 2.49 bits per heavy atom. The topological polar surface area (TPSA) is 127 Å². The molecule has 1 amide bonds. The predicted molar refractivity (Wildman–Crippen MR) is 125 cm³/mol. The van der Waals surface area contributed by atoms with Crippen molar-refractivity contribution < 1.29 is 28.2 Å². The Kier molecular flexibility index (Phi) is 5.22. The summed E-state index contributed by atoms with van der Waals surface area (Å²) in [4.78, 5) is 38.3. The Hall–Kier alpha value is -3.37. The SMILES string of the molecule is CC(C)(C)OC(=O)N[C@H]1CN(c2c(F)c(N)c3c(=O)c(C(=O)O)cn(C4CC4)c3c2F)C[C@@H]2C[C@@H]21. The van der Waals surface area contributed by atoms with Crippen molar-refractivity contribution in [2.24, 2.45) is 11.8 Å². The zero-order chi connectivity index (χ0) is 25.4. The number of nitrogens with one attached hydrogen (secondary N) is 1. The number of benzene rings is 1. The van der Waals surface area contributed by atoms with Gasteiger partial charge in [0.2, 0.25) is 5.43 Å². The summed E-state index contributed by atoms with van der Waals surface area (Å²) in [7, 11) is 0. The van der Waals surface area contributed by atoms with E-state index in [1.807, 2.05) is 0 Å². The Bertz CT molecular complexity index is 1310. The largest absolute Gasteiger partial charge is 0.477 e. The van der Waals surface area contributed by atoms with E-state index in [0.717, 1.165) is 12.6 Å². The van der Waals surface area contributed by atoms with Crippen LogP contribution in [0.1, 0.15) is 56.4 Å². The van der Waals surface area contributed by atoms with Crippen molar-refractivity contribution in [3.05, 3.63) is 33.6 Å². The van der Waals surface area contributed by atoms with Crippen LogP contribution in [-0.2, 0) is 4.74 Å². The van der Waals surface area contributed by atoms with Crippen molar-refractivity contribution in [1.82, 2.24) is 9.88 Å². The molecule has 1 saturated heterocycles. The van der Waals surface area contributed by atoms with Gasteiger partial charge in [0.15, 0.2) is 11.6 Å². The number of nitrogen functional groups attached to an aromatic ring is 1. The number of piperidine rings is 1. The Morgan fingerprint density at radius 2 is 1.89 bits per heavy atom. The van der Waals surface area contributed by atoms with Gasteiger partial charge in [-0.15, -0.1) is 0 Å². The maximum atomic E-state index is 16.1. The Balaban J connectivity index is 1.58. The molecule has 35 heavy (non-hydrogen) atoms. The second kappa shape index (κ2) is 7.82. The standard InChI is InChI=1S/C24H28F2N4O5/c1-24(2,3)35-23(34)28-14-9-29(7-10-6-12(10)14)20-16(25)18(27)15-19(17(20)26)30(11-4-5-11)8-13(21(15)31)22(32)33/h8,10-12,14H,4-7,9,27H2,1-3H3,(H,28,34)(H,32,33)/t10-,12-,14-/m0/s1. The van der Waals surface area contributed by atoms with Crippen LogP contribution in [0.25, 0.3) is 10.9 Å². The normalized spacial score (nSPS) is 23.7. The smallest absolute Gasteiger partial charge is 0.407 e. The van der Waals surface area contributed by atoms with Crippen LogP contribution in [0.2, 0.25) is 0 Å². The van der Waals surface area contributed by atoms with Crippen molar-refractivity contribution in [2.45, 2.75) is 57.7 Å². The molecule has 0 spiro atoms. The van der Waals surface area contributed by atoms with Crippen molar-refractivity contribution in [3.8, 4) is 0 Å². The van der Waals surface area contributed by atoms with Gasteiger partial charge in [-0.2, -0.15) is 0 Å². The van der Waals surface area contributed by atoms with Crippen LogP contribution < -0.4 is 21.4 Å². The number of alkyl carbamates (subject to hydrolysis) is 1. The third kappa shape index (κ3) is 4.06. The number of carboxylic acids is 1. The number of hydrogen-bond donors (Lipinski definition) is 3. The lowest BCUT2D eigenvalue weighted by molar-refractivity contribution is 0.0494. The van der Waals surface area contributed by atoms with Gasteiger partial charge in [0.1, 0.15) is 16.9 Å². The fourth-order valence-corrected chi connectivity index (χ4v) is 5.12. The van der Waals surface area contributed by atoms with Gasteiger partial charge in [0, 0.05) is 25.3 Å². The van der Waals surface area contributed by atoms with E-state index in [0.29, 0.717) is 19.4 Å². The summed E-state index contributed by atoms with van der Waals surface area (Å²) in [6.45, 7) is 5.75. The number of halogens is 2. The minimum Gasteiger partial charge on any atom is -0.477 e. The number of rotatable bonds is 4. The lowest BCUT2D eigenvalue weighted by atomic mass is 10.0. The fraction of sp³-hybridized carbons (Fsp3) is 0.542. The van der Waals surface area contributed by atoms with Gasteiger partial charge in [-0.25, -0.2) is 18.4 Å². The van der Waals surface area contributed by atoms with Gasteiger partial charge < -0.3 is 30.4 Å². The van der Waals surface area contributed by atoms with Gasteiger partial charge in [0.05, 0.1) is 22.6 Å². The number of amides is 1. The molecule has 3 aliphatic rings. The molecule has 1 aliphatic heterocycles. The van der Waals surface area contributed by atoms with Crippen LogP contribution in [0.15, 0.2) is 11.0 Å². The summed E-state index contributed by atoms with van der Waals surface area (Å²) in [6, 6.07) is -0.571. The molecule has 0 bridgehead atoms. The molecule has 5 rings (SSSR count). The van der Waals surface area contributed by atoms with Crippen molar-refractivity contribution >= 4 is 34.3 Å². The Morgan fingerprint density at radius 1 is 1.20 bits per heavy atom. The van der Waals surface area contributed by atoms with Gasteiger partial charge in [-0.1, -0.05) is 0 Å². The highest BCUT2D eigenvalue weighted by Crippen LogP contribution is 2.48. The minimum atomic E-state index is -1.48. The molecule has 9 nitrogen and oxygen atoms in total. The van der Waals surface area contributed by atoms with Crippen LogP contribution in [0, 0.1) is 23.5 Å². The van der Waals surface area contributed by atoms with Gasteiger partial charge in [-0.3, -0.25) is 4.79 Å². The van der Waals surface area contributed by atoms with E-state index in [4.69, 9.17) is 10.5 Å². The summed E-state index contributed by atoms with van der Waals surface area (Å²) in [5, 5.41) is 11.8. The van der Waals surface area contributed by atoms with E-state index in [1.54, 1.807) is 20.8 Å². The first-order valence-corrected chi connectivity index (χ1v) is 11.7. The van der Waals surface area contributed by atoms with Crippen LogP contribution >= 0.6 is 0 Å². The highest BCUT2D eigenvalue weighted by Gasteiger charge is 2.50. The summed E-state index contributed by atoms with van der Waals surface area (Å²) in [6.07, 6.45) is 2.68. The number of carbonyl (C=O) groups is 2. The van der Waals surface area contributed by atoms with Crippen molar-refractivity contribution in [2.75, 3.05) is 23.7 Å². The third-order valence-corrected chi connectivity index (χ3v) is 6.92. The molecule has 4 N–H and O–H groups in total. The molecular formula is C24H28F2N4O5. The number of nitrogens with two attached hydrogens (primary N) is 1. The molecule has 2 heterocycles. The van der Waals surface area contributed by atoms with Crippen molar-refractivity contribution in [1.29, 1.82) is 0 Å². The number of carboxylic acid groups (broad SMARTS) is 1. The van der Waals surface area contributed by atoms with Gasteiger partial charge in [0.25, 0.3) is 0 Å². The van der Waals surface area contributed by atoms with Crippen molar-refractivity contribution in [3.63, 3.8) is 0 Å². The summed E-state index contributed by atoms with van der Waals surface area (Å²) < 4.78 is 38.4.